The van der Waals surface area contributed by atoms with E-state index in [4.69, 9.17) is 16.3 Å². The lowest BCUT2D eigenvalue weighted by Crippen LogP contribution is -1.89. The molecule has 3 heteroatoms. The topological polar surface area (TPSA) is 9.23 Å². The second-order valence-corrected chi connectivity index (χ2v) is 2.62. The summed E-state index contributed by atoms with van der Waals surface area (Å²) >= 11 is 5.68. The van der Waals surface area contributed by atoms with Crippen molar-refractivity contribution in [1.82, 2.24) is 0 Å². The molecule has 11 heavy (non-hydrogen) atoms. The Morgan fingerprint density at radius 1 is 1.45 bits per heavy atom. The molecule has 0 N–H and O–H groups in total. The van der Waals surface area contributed by atoms with Gasteiger partial charge in [-0.3, -0.25) is 0 Å². The molecule has 60 valence electrons. The third-order valence-electron chi connectivity index (χ3n) is 1.48. The second kappa shape index (κ2) is 3.09. The van der Waals surface area contributed by atoms with Gasteiger partial charge in [0, 0.05) is 11.6 Å². The van der Waals surface area contributed by atoms with Crippen LogP contribution in [0.15, 0.2) is 12.1 Å². The van der Waals surface area contributed by atoms with E-state index in [1.807, 2.05) is 0 Å². The number of halogens is 2. The monoisotopic (exact) mass is 174 g/mol. The van der Waals surface area contributed by atoms with E-state index < -0.39 is 0 Å². The quantitative estimate of drug-likeness (QED) is 0.636. The van der Waals surface area contributed by atoms with Gasteiger partial charge >= 0.3 is 0 Å². The van der Waals surface area contributed by atoms with Crippen LogP contribution >= 0.6 is 11.6 Å². The van der Waals surface area contributed by atoms with Gasteiger partial charge in [0.15, 0.2) is 0 Å². The van der Waals surface area contributed by atoms with Gasteiger partial charge in [-0.05, 0) is 13.0 Å². The highest BCUT2D eigenvalue weighted by Gasteiger charge is 2.04. The molecule has 0 aromatic heterocycles. The zero-order chi connectivity index (χ0) is 8.43. The molecule has 0 radical (unpaired) electrons. The lowest BCUT2D eigenvalue weighted by atomic mass is 10.2. The predicted molar refractivity (Wildman–Crippen MR) is 42.7 cm³/mol. The van der Waals surface area contributed by atoms with Crippen LogP contribution in [-0.2, 0) is 0 Å². The smallest absolute Gasteiger partial charge is 0.128 e. The number of benzene rings is 1. The SMILES string of the molecule is COc1cc(F)cc(Cl)c1C. The molecular formula is C8H8ClFO. The van der Waals surface area contributed by atoms with Gasteiger partial charge in [-0.15, -0.1) is 0 Å². The first-order valence-corrected chi connectivity index (χ1v) is 3.52. The second-order valence-electron chi connectivity index (χ2n) is 2.21. The van der Waals surface area contributed by atoms with Crippen LogP contribution in [0.5, 0.6) is 5.75 Å². The fraction of sp³-hybridized carbons (Fsp3) is 0.250. The van der Waals surface area contributed by atoms with E-state index >= 15 is 0 Å². The molecule has 0 atom stereocenters. The van der Waals surface area contributed by atoms with Crippen LogP contribution in [-0.4, -0.2) is 7.11 Å². The van der Waals surface area contributed by atoms with Gasteiger partial charge in [-0.2, -0.15) is 0 Å². The van der Waals surface area contributed by atoms with E-state index in [2.05, 4.69) is 0 Å². The van der Waals surface area contributed by atoms with E-state index in [9.17, 15) is 4.39 Å². The largest absolute Gasteiger partial charge is 0.496 e. The zero-order valence-electron chi connectivity index (χ0n) is 6.32. The molecule has 0 saturated carbocycles. The minimum atomic E-state index is -0.377. The van der Waals surface area contributed by atoms with Crippen LogP contribution in [0.1, 0.15) is 5.56 Å². The minimum Gasteiger partial charge on any atom is -0.496 e. The molecule has 0 heterocycles. The lowest BCUT2D eigenvalue weighted by molar-refractivity contribution is 0.408. The molecular weight excluding hydrogens is 167 g/mol. The number of methoxy groups -OCH3 is 1. The summed E-state index contributed by atoms with van der Waals surface area (Å²) < 4.78 is 17.5. The molecule has 0 aliphatic heterocycles. The Labute approximate surface area is 69.7 Å². The van der Waals surface area contributed by atoms with Gasteiger partial charge in [0.2, 0.25) is 0 Å². The summed E-state index contributed by atoms with van der Waals surface area (Å²) in [5.74, 6) is 0.104. The van der Waals surface area contributed by atoms with Crippen molar-refractivity contribution in [2.75, 3.05) is 7.11 Å². The number of hydrogen-bond donors (Lipinski definition) is 0. The summed E-state index contributed by atoms with van der Waals surface area (Å²) in [6.45, 7) is 1.78. The van der Waals surface area contributed by atoms with Gasteiger partial charge in [0.05, 0.1) is 12.1 Å². The molecule has 0 unspecified atom stereocenters. The summed E-state index contributed by atoms with van der Waals surface area (Å²) in [7, 11) is 1.48. The van der Waals surface area contributed by atoms with E-state index in [1.54, 1.807) is 6.92 Å². The van der Waals surface area contributed by atoms with Crippen LogP contribution < -0.4 is 4.74 Å². The highest BCUT2D eigenvalue weighted by Crippen LogP contribution is 2.26. The van der Waals surface area contributed by atoms with Gasteiger partial charge in [-0.1, -0.05) is 11.6 Å². The van der Waals surface area contributed by atoms with Gasteiger partial charge < -0.3 is 4.74 Å². The van der Waals surface area contributed by atoms with Crippen LogP contribution in [0.4, 0.5) is 4.39 Å². The summed E-state index contributed by atoms with van der Waals surface area (Å²) in [5.41, 5.74) is 0.760. The molecule has 0 saturated heterocycles. The molecule has 0 amide bonds. The van der Waals surface area contributed by atoms with Gasteiger partial charge in [-0.25, -0.2) is 4.39 Å². The van der Waals surface area contributed by atoms with Crippen LogP contribution in [0.2, 0.25) is 5.02 Å². The van der Waals surface area contributed by atoms with Crippen molar-refractivity contribution in [2.24, 2.45) is 0 Å². The molecule has 1 aromatic rings. The summed E-state index contributed by atoms with van der Waals surface area (Å²) in [6, 6.07) is 2.57. The maximum absolute atomic E-state index is 12.6. The lowest BCUT2D eigenvalue weighted by Gasteiger charge is -2.05. The van der Waals surface area contributed by atoms with E-state index in [0.717, 1.165) is 5.56 Å². The van der Waals surface area contributed by atoms with Crippen LogP contribution in [0, 0.1) is 12.7 Å². The zero-order valence-corrected chi connectivity index (χ0v) is 7.07. The maximum atomic E-state index is 12.6. The van der Waals surface area contributed by atoms with Gasteiger partial charge in [0.25, 0.3) is 0 Å². The van der Waals surface area contributed by atoms with Crippen molar-refractivity contribution in [2.45, 2.75) is 6.92 Å². The average Bonchev–Trinajstić information content (AvgIpc) is 1.96. The number of hydrogen-bond acceptors (Lipinski definition) is 1. The predicted octanol–water partition coefficient (Wildman–Crippen LogP) is 2.80. The summed E-state index contributed by atoms with van der Waals surface area (Å²) in [4.78, 5) is 0. The fourth-order valence-electron chi connectivity index (χ4n) is 0.834. The first kappa shape index (κ1) is 8.34. The first-order chi connectivity index (χ1) is 5.15. The average molecular weight is 175 g/mol. The first-order valence-electron chi connectivity index (χ1n) is 3.15. The summed E-state index contributed by atoms with van der Waals surface area (Å²) in [6.07, 6.45) is 0. The Hall–Kier alpha value is -0.760. The van der Waals surface area contributed by atoms with E-state index in [1.165, 1.54) is 19.2 Å². The maximum Gasteiger partial charge on any atom is 0.128 e. The molecule has 1 rings (SSSR count). The highest BCUT2D eigenvalue weighted by atomic mass is 35.5. The standard InChI is InChI=1S/C8H8ClFO/c1-5-7(9)3-6(10)4-8(5)11-2/h3-4H,1-2H3. The minimum absolute atomic E-state index is 0.377. The third kappa shape index (κ3) is 1.63. The van der Waals surface area contributed by atoms with E-state index in [0.29, 0.717) is 10.8 Å². The normalized spacial score (nSPS) is 9.82. The Bertz CT molecular complexity index is 273. The molecule has 0 bridgehead atoms. The number of ether oxygens (including phenoxy) is 1. The Morgan fingerprint density at radius 2 is 2.09 bits per heavy atom. The molecule has 0 aliphatic carbocycles. The molecule has 1 aromatic carbocycles. The van der Waals surface area contributed by atoms with E-state index in [-0.39, 0.29) is 5.82 Å². The van der Waals surface area contributed by atoms with Crippen molar-refractivity contribution >= 4 is 11.6 Å². The fourth-order valence-corrected chi connectivity index (χ4v) is 1.03. The molecule has 0 spiro atoms. The highest BCUT2D eigenvalue weighted by molar-refractivity contribution is 6.31. The molecule has 1 nitrogen and oxygen atoms in total. The van der Waals surface area contributed by atoms with Crippen LogP contribution in [0.25, 0.3) is 0 Å². The van der Waals surface area contributed by atoms with Crippen molar-refractivity contribution in [3.05, 3.63) is 28.5 Å². The number of rotatable bonds is 1. The van der Waals surface area contributed by atoms with Gasteiger partial charge in [0.1, 0.15) is 11.6 Å². The van der Waals surface area contributed by atoms with Crippen molar-refractivity contribution in [1.29, 1.82) is 0 Å². The Balaban J connectivity index is 3.24. The Kier molecular flexibility index (Phi) is 2.35. The van der Waals surface area contributed by atoms with Crippen molar-refractivity contribution in [3.63, 3.8) is 0 Å². The van der Waals surface area contributed by atoms with Crippen molar-refractivity contribution in [3.8, 4) is 5.75 Å². The Morgan fingerprint density at radius 3 is 2.64 bits per heavy atom. The summed E-state index contributed by atoms with van der Waals surface area (Å²) in [5, 5.41) is 0.391. The van der Waals surface area contributed by atoms with Crippen LogP contribution in [0.3, 0.4) is 0 Å². The molecule has 0 aliphatic rings. The third-order valence-corrected chi connectivity index (χ3v) is 1.87. The molecule has 0 fully saturated rings. The van der Waals surface area contributed by atoms with Crippen molar-refractivity contribution < 1.29 is 9.13 Å².